The lowest BCUT2D eigenvalue weighted by molar-refractivity contribution is 0.0275. The maximum Gasteiger partial charge on any atom is 0.410 e. The summed E-state index contributed by atoms with van der Waals surface area (Å²) in [5, 5.41) is 3.38. The molecule has 2 aromatic rings. The highest BCUT2D eigenvalue weighted by molar-refractivity contribution is 5.89. The van der Waals surface area contributed by atoms with Crippen LogP contribution in [-0.2, 0) is 16.1 Å². The fourth-order valence-corrected chi connectivity index (χ4v) is 4.29. The fraction of sp³-hybridized carbons (Fsp3) is 0.464. The van der Waals surface area contributed by atoms with Crippen LogP contribution < -0.4 is 10.1 Å². The van der Waals surface area contributed by atoms with Gasteiger partial charge in [-0.25, -0.2) is 9.59 Å². The minimum Gasteiger partial charge on any atom is -0.488 e. The third-order valence-electron chi connectivity index (χ3n) is 6.24. The number of aldehydes is 1. The molecule has 0 bridgehead atoms. The number of rotatable bonds is 5. The van der Waals surface area contributed by atoms with E-state index in [1.54, 1.807) is 42.5 Å². The van der Waals surface area contributed by atoms with Crippen molar-refractivity contribution in [2.24, 2.45) is 5.41 Å². The van der Waals surface area contributed by atoms with Crippen molar-refractivity contribution in [1.29, 1.82) is 0 Å². The van der Waals surface area contributed by atoms with Crippen LogP contribution in [0.1, 0.15) is 59.9 Å². The molecule has 2 saturated heterocycles. The zero-order valence-corrected chi connectivity index (χ0v) is 21.5. The van der Waals surface area contributed by atoms with Crippen molar-refractivity contribution in [3.05, 3.63) is 65.2 Å². The van der Waals surface area contributed by atoms with Gasteiger partial charge >= 0.3 is 12.1 Å². The average molecular weight is 497 g/mol. The van der Waals surface area contributed by atoms with Crippen molar-refractivity contribution in [2.75, 3.05) is 33.3 Å². The summed E-state index contributed by atoms with van der Waals surface area (Å²) in [5.74, 6) is 0.170. The second-order valence-corrected chi connectivity index (χ2v) is 10.2. The summed E-state index contributed by atoms with van der Waals surface area (Å²) in [6.45, 7) is 9.89. The Hall–Kier alpha value is -3.39. The van der Waals surface area contributed by atoms with E-state index >= 15 is 0 Å². The minimum atomic E-state index is -0.388. The molecule has 0 radical (unpaired) electrons. The third kappa shape index (κ3) is 7.55. The molecule has 2 heterocycles. The monoisotopic (exact) mass is 496 g/mol. The highest BCUT2D eigenvalue weighted by Crippen LogP contribution is 2.36. The number of para-hydroxylation sites is 1. The molecule has 1 amide bonds. The Kier molecular flexibility index (Phi) is 9.09. The van der Waals surface area contributed by atoms with Crippen LogP contribution in [0.4, 0.5) is 4.79 Å². The molecule has 1 N–H and O–H groups in total. The molecule has 2 aliphatic rings. The SMILES string of the molecule is CC(C)(C)OC(=O)N1CCC2(CCNC2)C1.COC(=O)c1ccc(COc2ccccc2C=O)cc1. The van der Waals surface area contributed by atoms with Crippen LogP contribution in [0.15, 0.2) is 48.5 Å². The Labute approximate surface area is 212 Å². The van der Waals surface area contributed by atoms with Crippen LogP contribution in [0.25, 0.3) is 0 Å². The Morgan fingerprint density at radius 2 is 1.81 bits per heavy atom. The molecular formula is C28H36N2O6. The van der Waals surface area contributed by atoms with E-state index in [0.29, 0.717) is 28.9 Å². The number of likely N-dealkylation sites (tertiary alicyclic amines) is 1. The number of amides is 1. The molecule has 2 aliphatic heterocycles. The number of nitrogens with zero attached hydrogens (tertiary/aromatic N) is 1. The molecule has 2 aromatic carbocycles. The number of nitrogens with one attached hydrogen (secondary N) is 1. The quantitative estimate of drug-likeness (QED) is 0.482. The van der Waals surface area contributed by atoms with Crippen LogP contribution in [0.3, 0.4) is 0 Å². The number of hydrogen-bond acceptors (Lipinski definition) is 7. The number of carbonyl (C=O) groups is 3. The fourth-order valence-electron chi connectivity index (χ4n) is 4.29. The zero-order chi connectivity index (χ0) is 26.2. The summed E-state index contributed by atoms with van der Waals surface area (Å²) in [4.78, 5) is 35.9. The van der Waals surface area contributed by atoms with E-state index in [4.69, 9.17) is 9.47 Å². The van der Waals surface area contributed by atoms with E-state index in [0.717, 1.165) is 44.4 Å². The van der Waals surface area contributed by atoms with Crippen LogP contribution in [-0.4, -0.2) is 62.1 Å². The van der Waals surface area contributed by atoms with Gasteiger partial charge in [-0.2, -0.15) is 0 Å². The van der Waals surface area contributed by atoms with Crippen molar-refractivity contribution in [2.45, 2.75) is 45.8 Å². The normalized spacial score (nSPS) is 18.8. The Bertz CT molecular complexity index is 1040. The van der Waals surface area contributed by atoms with Crippen molar-refractivity contribution in [3.8, 4) is 5.75 Å². The van der Waals surface area contributed by atoms with Crippen LogP contribution in [0, 0.1) is 5.41 Å². The zero-order valence-electron chi connectivity index (χ0n) is 21.5. The van der Waals surface area contributed by atoms with Gasteiger partial charge < -0.3 is 24.4 Å². The summed E-state index contributed by atoms with van der Waals surface area (Å²) >= 11 is 0. The molecule has 0 aliphatic carbocycles. The first kappa shape index (κ1) is 27.2. The number of hydrogen-bond donors (Lipinski definition) is 1. The number of esters is 1. The first-order chi connectivity index (χ1) is 17.1. The second kappa shape index (κ2) is 12.0. The van der Waals surface area contributed by atoms with Crippen LogP contribution >= 0.6 is 0 Å². The van der Waals surface area contributed by atoms with Crippen molar-refractivity contribution in [3.63, 3.8) is 0 Å². The summed E-state index contributed by atoms with van der Waals surface area (Å²) in [5.41, 5.74) is 1.85. The average Bonchev–Trinajstić information content (AvgIpc) is 3.51. The molecule has 8 nitrogen and oxygen atoms in total. The Morgan fingerprint density at radius 3 is 2.42 bits per heavy atom. The maximum atomic E-state index is 11.9. The third-order valence-corrected chi connectivity index (χ3v) is 6.24. The number of benzene rings is 2. The molecule has 36 heavy (non-hydrogen) atoms. The van der Waals surface area contributed by atoms with Gasteiger partial charge in [-0.3, -0.25) is 4.79 Å². The topological polar surface area (TPSA) is 94.2 Å². The van der Waals surface area contributed by atoms with Crippen LogP contribution in [0.5, 0.6) is 5.75 Å². The Morgan fingerprint density at radius 1 is 1.08 bits per heavy atom. The summed E-state index contributed by atoms with van der Waals surface area (Å²) in [6.07, 6.45) is 2.90. The van der Waals surface area contributed by atoms with E-state index < -0.39 is 0 Å². The van der Waals surface area contributed by atoms with E-state index in [9.17, 15) is 14.4 Å². The standard InChI is InChI=1S/C16H14O4.C12H22N2O2/c1-19-16(18)13-8-6-12(7-9-13)11-20-15-5-3-2-4-14(15)10-17;1-11(2,3)16-10(15)14-7-5-12(9-14)4-6-13-8-12/h2-10H,11H2,1H3;13H,4-9H2,1-3H3. The van der Waals surface area contributed by atoms with E-state index in [1.807, 2.05) is 31.7 Å². The second-order valence-electron chi connectivity index (χ2n) is 10.2. The van der Waals surface area contributed by atoms with Gasteiger partial charge in [-0.05, 0) is 70.0 Å². The van der Waals surface area contributed by atoms with Gasteiger partial charge in [0.15, 0.2) is 6.29 Å². The van der Waals surface area contributed by atoms with Gasteiger partial charge in [-0.1, -0.05) is 24.3 Å². The molecule has 0 aromatic heterocycles. The van der Waals surface area contributed by atoms with Gasteiger partial charge in [0.05, 0.1) is 18.2 Å². The molecule has 0 saturated carbocycles. The van der Waals surface area contributed by atoms with Gasteiger partial charge in [-0.15, -0.1) is 0 Å². The first-order valence-corrected chi connectivity index (χ1v) is 12.2. The van der Waals surface area contributed by atoms with Crippen molar-refractivity contribution in [1.82, 2.24) is 10.2 Å². The van der Waals surface area contributed by atoms with Crippen LogP contribution in [0.2, 0.25) is 0 Å². The molecule has 1 atom stereocenters. The summed E-state index contributed by atoms with van der Waals surface area (Å²) < 4.78 is 15.6. The van der Waals surface area contributed by atoms with Gasteiger partial charge in [0.2, 0.25) is 0 Å². The van der Waals surface area contributed by atoms with Gasteiger partial charge in [0.1, 0.15) is 18.0 Å². The molecule has 194 valence electrons. The van der Waals surface area contributed by atoms with E-state index in [1.165, 1.54) is 13.5 Å². The lowest BCUT2D eigenvalue weighted by Gasteiger charge is -2.26. The number of methoxy groups -OCH3 is 1. The summed E-state index contributed by atoms with van der Waals surface area (Å²) in [7, 11) is 1.34. The maximum absolute atomic E-state index is 11.9. The molecule has 1 unspecified atom stereocenters. The lowest BCUT2D eigenvalue weighted by Crippen LogP contribution is -2.37. The predicted molar refractivity (Wildman–Crippen MR) is 136 cm³/mol. The lowest BCUT2D eigenvalue weighted by atomic mass is 9.87. The van der Waals surface area contributed by atoms with Gasteiger partial charge in [0.25, 0.3) is 0 Å². The van der Waals surface area contributed by atoms with E-state index in [2.05, 4.69) is 10.1 Å². The Balaban J connectivity index is 0.000000205. The minimum absolute atomic E-state index is 0.156. The van der Waals surface area contributed by atoms with Crippen molar-refractivity contribution < 1.29 is 28.6 Å². The smallest absolute Gasteiger partial charge is 0.410 e. The number of ether oxygens (including phenoxy) is 3. The molecule has 8 heteroatoms. The molecular weight excluding hydrogens is 460 g/mol. The first-order valence-electron chi connectivity index (χ1n) is 12.2. The molecule has 4 rings (SSSR count). The van der Waals surface area contributed by atoms with E-state index in [-0.39, 0.29) is 17.7 Å². The summed E-state index contributed by atoms with van der Waals surface area (Å²) in [6, 6.07) is 14.0. The van der Waals surface area contributed by atoms with Gasteiger partial charge in [0, 0.05) is 25.0 Å². The largest absolute Gasteiger partial charge is 0.488 e. The molecule has 1 spiro atoms. The molecule has 2 fully saturated rings. The number of carbonyl (C=O) groups excluding carboxylic acids is 3. The van der Waals surface area contributed by atoms with Crippen molar-refractivity contribution >= 4 is 18.3 Å². The highest BCUT2D eigenvalue weighted by Gasteiger charge is 2.42. The predicted octanol–water partition coefficient (Wildman–Crippen LogP) is 4.47. The highest BCUT2D eigenvalue weighted by atomic mass is 16.6.